The van der Waals surface area contributed by atoms with Gasteiger partial charge in [0.15, 0.2) is 5.76 Å². The first-order valence-corrected chi connectivity index (χ1v) is 9.24. The van der Waals surface area contributed by atoms with E-state index in [1.54, 1.807) is 6.92 Å². The lowest BCUT2D eigenvalue weighted by Gasteiger charge is -2.16. The Hall–Kier alpha value is -2.44. The summed E-state index contributed by atoms with van der Waals surface area (Å²) in [6.07, 6.45) is 0. The molecule has 1 aliphatic rings. The van der Waals surface area contributed by atoms with E-state index in [2.05, 4.69) is 4.98 Å². The minimum absolute atomic E-state index is 0.0701. The van der Waals surface area contributed by atoms with Crippen molar-refractivity contribution in [3.05, 3.63) is 68.7 Å². The lowest BCUT2D eigenvalue weighted by Crippen LogP contribution is -2.20. The maximum atomic E-state index is 12.9. The predicted octanol–water partition coefficient (Wildman–Crippen LogP) is 4.63. The van der Waals surface area contributed by atoms with Crippen LogP contribution in [-0.2, 0) is 4.74 Å². The van der Waals surface area contributed by atoms with Crippen LogP contribution in [0.3, 0.4) is 0 Å². The first-order valence-electron chi connectivity index (χ1n) is 7.61. The zero-order valence-corrected chi connectivity index (χ0v) is 15.2. The molecule has 0 atom stereocenters. The van der Waals surface area contributed by atoms with E-state index < -0.39 is 0 Å². The van der Waals surface area contributed by atoms with Crippen LogP contribution in [-0.4, -0.2) is 23.7 Å². The second-order valence-corrected chi connectivity index (χ2v) is 7.77. The van der Waals surface area contributed by atoms with Gasteiger partial charge in [-0.15, -0.1) is 11.3 Å². The third-order valence-corrected chi connectivity index (χ3v) is 6.06. The number of nitrogens with zero attached hydrogens (tertiary/aromatic N) is 1. The van der Waals surface area contributed by atoms with Gasteiger partial charge in [-0.2, -0.15) is 0 Å². The van der Waals surface area contributed by atoms with Gasteiger partial charge in [-0.3, -0.25) is 9.59 Å². The number of ketones is 2. The van der Waals surface area contributed by atoms with Gasteiger partial charge in [-0.25, -0.2) is 4.98 Å². The molecule has 0 amide bonds. The number of methoxy groups -OCH3 is 1. The highest BCUT2D eigenvalue weighted by molar-refractivity contribution is 8.04. The number of fused-ring (bicyclic) bond motifs is 2. The molecule has 0 saturated heterocycles. The highest BCUT2D eigenvalue weighted by Gasteiger charge is 2.37. The third kappa shape index (κ3) is 2.58. The molecule has 1 aliphatic carbocycles. The number of carbonyl (C=O) groups is 2. The van der Waals surface area contributed by atoms with Crippen molar-refractivity contribution >= 4 is 45.4 Å². The fraction of sp³-hybridized carbons (Fsp3) is 0.105. The molecular weight excluding hydrogens is 354 g/mol. The topological polar surface area (TPSA) is 56.3 Å². The summed E-state index contributed by atoms with van der Waals surface area (Å²) in [7, 11) is 1.41. The number of thiazole rings is 1. The van der Waals surface area contributed by atoms with Crippen LogP contribution in [0.2, 0.25) is 0 Å². The molecule has 0 saturated carbocycles. The van der Waals surface area contributed by atoms with Crippen molar-refractivity contribution in [3.63, 3.8) is 0 Å². The van der Waals surface area contributed by atoms with E-state index in [9.17, 15) is 9.59 Å². The highest BCUT2D eigenvalue weighted by atomic mass is 32.2. The first kappa shape index (κ1) is 16.1. The van der Waals surface area contributed by atoms with Crippen LogP contribution in [0.15, 0.2) is 58.0 Å². The van der Waals surface area contributed by atoms with Gasteiger partial charge >= 0.3 is 0 Å². The summed E-state index contributed by atoms with van der Waals surface area (Å²) in [6, 6.07) is 13.8. The largest absolute Gasteiger partial charge is 0.491 e. The first-order chi connectivity index (χ1) is 12.1. The van der Waals surface area contributed by atoms with Crippen LogP contribution < -0.4 is 0 Å². The fourth-order valence-corrected chi connectivity index (χ4v) is 4.88. The van der Waals surface area contributed by atoms with E-state index >= 15 is 0 Å². The number of rotatable bonds is 3. The highest BCUT2D eigenvalue weighted by Crippen LogP contribution is 2.41. The molecule has 1 heterocycles. The van der Waals surface area contributed by atoms with E-state index in [4.69, 9.17) is 4.74 Å². The molecule has 6 heteroatoms. The molecule has 1 aromatic heterocycles. The molecule has 0 aliphatic heterocycles. The van der Waals surface area contributed by atoms with Crippen LogP contribution in [0.5, 0.6) is 0 Å². The van der Waals surface area contributed by atoms with Gasteiger partial charge in [0.1, 0.15) is 15.5 Å². The number of carbonyl (C=O) groups excluding carboxylic acids is 2. The van der Waals surface area contributed by atoms with Gasteiger partial charge in [0.05, 0.1) is 12.1 Å². The number of thioether (sulfide) groups is 1. The van der Waals surface area contributed by atoms with Crippen molar-refractivity contribution in [1.29, 1.82) is 0 Å². The summed E-state index contributed by atoms with van der Waals surface area (Å²) in [4.78, 5) is 31.4. The maximum absolute atomic E-state index is 12.9. The molecule has 4 nitrogen and oxygen atoms in total. The molecule has 3 aromatic rings. The Morgan fingerprint density at radius 2 is 1.80 bits per heavy atom. The quantitative estimate of drug-likeness (QED) is 0.675. The number of ether oxygens (including phenoxy) is 1. The monoisotopic (exact) mass is 367 g/mol. The SMILES string of the molecule is COC1=C(Sc2cccc3ccccc23)C(=O)c2sc(C)nc2C1=O. The molecule has 4 rings (SSSR count). The van der Waals surface area contributed by atoms with Crippen molar-refractivity contribution in [2.24, 2.45) is 0 Å². The summed E-state index contributed by atoms with van der Waals surface area (Å²) in [5.41, 5.74) is 0.201. The summed E-state index contributed by atoms with van der Waals surface area (Å²) >= 11 is 2.52. The molecule has 0 N–H and O–H groups in total. The fourth-order valence-electron chi connectivity index (χ4n) is 2.82. The molecule has 0 radical (unpaired) electrons. The molecule has 0 fully saturated rings. The molecule has 25 heavy (non-hydrogen) atoms. The van der Waals surface area contributed by atoms with Crippen LogP contribution in [0.4, 0.5) is 0 Å². The summed E-state index contributed by atoms with van der Waals surface area (Å²) < 4.78 is 5.29. The number of benzene rings is 2. The van der Waals surface area contributed by atoms with Crippen molar-refractivity contribution < 1.29 is 14.3 Å². The Kier molecular flexibility index (Phi) is 3.94. The maximum Gasteiger partial charge on any atom is 0.248 e. The number of aryl methyl sites for hydroxylation is 1. The van der Waals surface area contributed by atoms with Crippen LogP contribution in [0.25, 0.3) is 10.8 Å². The zero-order chi connectivity index (χ0) is 17.6. The number of aromatic nitrogens is 1. The zero-order valence-electron chi connectivity index (χ0n) is 13.5. The normalized spacial score (nSPS) is 14.2. The second kappa shape index (κ2) is 6.13. The number of hydrogen-bond donors (Lipinski definition) is 0. The van der Waals surface area contributed by atoms with Gasteiger partial charge in [0, 0.05) is 4.90 Å². The van der Waals surface area contributed by atoms with Gasteiger partial charge in [-0.05, 0) is 23.8 Å². The Morgan fingerprint density at radius 1 is 1.04 bits per heavy atom. The summed E-state index contributed by atoms with van der Waals surface area (Å²) in [5.74, 6) is -0.458. The van der Waals surface area contributed by atoms with Crippen molar-refractivity contribution in [2.75, 3.05) is 7.11 Å². The van der Waals surface area contributed by atoms with Gasteiger partial charge in [-0.1, -0.05) is 48.2 Å². The minimum atomic E-state index is -0.329. The average Bonchev–Trinajstić information content (AvgIpc) is 3.02. The summed E-state index contributed by atoms with van der Waals surface area (Å²) in [5, 5.41) is 2.80. The van der Waals surface area contributed by atoms with E-state index in [0.717, 1.165) is 15.7 Å². The smallest absolute Gasteiger partial charge is 0.248 e. The molecule has 0 spiro atoms. The lowest BCUT2D eigenvalue weighted by molar-refractivity contribution is 0.0911. The third-order valence-electron chi connectivity index (χ3n) is 3.94. The van der Waals surface area contributed by atoms with Gasteiger partial charge < -0.3 is 4.74 Å². The second-order valence-electron chi connectivity index (χ2n) is 5.51. The molecular formula is C19H13NO3S2. The minimum Gasteiger partial charge on any atom is -0.491 e. The van der Waals surface area contributed by atoms with E-state index in [1.807, 2.05) is 42.5 Å². The van der Waals surface area contributed by atoms with Crippen LogP contribution in [0.1, 0.15) is 25.2 Å². The van der Waals surface area contributed by atoms with E-state index in [-0.39, 0.29) is 23.0 Å². The Balaban J connectivity index is 1.85. The Bertz CT molecular complexity index is 1060. The number of Topliss-reactive ketones (excluding diaryl/α,β-unsaturated/α-hetero) is 2. The molecule has 2 aromatic carbocycles. The summed E-state index contributed by atoms with van der Waals surface area (Å²) in [6.45, 7) is 1.79. The number of allylic oxidation sites excluding steroid dienone is 2. The molecule has 0 unspecified atom stereocenters. The Labute approximate surface area is 152 Å². The van der Waals surface area contributed by atoms with Gasteiger partial charge in [0.2, 0.25) is 11.6 Å². The molecule has 124 valence electrons. The average molecular weight is 367 g/mol. The lowest BCUT2D eigenvalue weighted by atomic mass is 10.1. The van der Waals surface area contributed by atoms with E-state index in [1.165, 1.54) is 30.2 Å². The van der Waals surface area contributed by atoms with Gasteiger partial charge in [0.25, 0.3) is 0 Å². The predicted molar refractivity (Wildman–Crippen MR) is 99.4 cm³/mol. The molecule has 0 bridgehead atoms. The van der Waals surface area contributed by atoms with Crippen molar-refractivity contribution in [3.8, 4) is 0 Å². The van der Waals surface area contributed by atoms with Crippen molar-refractivity contribution in [2.45, 2.75) is 11.8 Å². The number of hydrogen-bond acceptors (Lipinski definition) is 6. The van der Waals surface area contributed by atoms with E-state index in [0.29, 0.717) is 14.8 Å². The van der Waals surface area contributed by atoms with Crippen molar-refractivity contribution in [1.82, 2.24) is 4.98 Å². The standard InChI is InChI=1S/C19H13NO3S2/c1-10-20-14-15(21)17(23-2)19(16(22)18(14)24-10)25-13-9-5-7-11-6-3-4-8-12(11)13/h3-9H,1-2H3. The van der Waals surface area contributed by atoms with Crippen LogP contribution in [0, 0.1) is 6.92 Å². The van der Waals surface area contributed by atoms with Crippen LogP contribution >= 0.6 is 23.1 Å². The Morgan fingerprint density at radius 3 is 2.60 bits per heavy atom.